The molecular weight excluding hydrogens is 190 g/mol. The van der Waals surface area contributed by atoms with Gasteiger partial charge >= 0.3 is 11.9 Å². The molecule has 0 amide bonds. The molecule has 0 aromatic rings. The Morgan fingerprint density at radius 3 is 2.43 bits per heavy atom. The first-order valence-electron chi connectivity index (χ1n) is 4.21. The van der Waals surface area contributed by atoms with Gasteiger partial charge in [-0.1, -0.05) is 0 Å². The summed E-state index contributed by atoms with van der Waals surface area (Å²) in [6.45, 7) is 0.245. The standard InChI is InChI=1S/C8H15NO5/c1-12-7(10)5-13-6-8(11)14-4-2-3-9/h2-6,9H2,1H3. The van der Waals surface area contributed by atoms with Gasteiger partial charge < -0.3 is 19.9 Å². The fourth-order valence-electron chi connectivity index (χ4n) is 0.588. The van der Waals surface area contributed by atoms with Crippen molar-refractivity contribution in [2.75, 3.05) is 33.5 Å². The third kappa shape index (κ3) is 7.51. The van der Waals surface area contributed by atoms with Gasteiger partial charge in [-0.05, 0) is 13.0 Å². The molecule has 0 rings (SSSR count). The maximum atomic E-state index is 10.8. The average molecular weight is 205 g/mol. The van der Waals surface area contributed by atoms with Crippen LogP contribution >= 0.6 is 0 Å². The molecule has 0 fully saturated rings. The molecule has 82 valence electrons. The van der Waals surface area contributed by atoms with Crippen LogP contribution in [0.3, 0.4) is 0 Å². The van der Waals surface area contributed by atoms with E-state index in [9.17, 15) is 9.59 Å². The number of ether oxygens (including phenoxy) is 3. The van der Waals surface area contributed by atoms with Crippen molar-refractivity contribution in [2.45, 2.75) is 6.42 Å². The largest absolute Gasteiger partial charge is 0.467 e. The average Bonchev–Trinajstić information content (AvgIpc) is 2.18. The number of hydrogen-bond donors (Lipinski definition) is 1. The van der Waals surface area contributed by atoms with Crippen LogP contribution in [0, 0.1) is 0 Å². The summed E-state index contributed by atoms with van der Waals surface area (Å²) in [5.41, 5.74) is 5.19. The molecule has 0 unspecified atom stereocenters. The second kappa shape index (κ2) is 8.46. The van der Waals surface area contributed by atoms with E-state index in [1.165, 1.54) is 7.11 Å². The van der Waals surface area contributed by atoms with Gasteiger partial charge in [0.2, 0.25) is 0 Å². The lowest BCUT2D eigenvalue weighted by molar-refractivity contribution is -0.154. The summed E-state index contributed by atoms with van der Waals surface area (Å²) in [5, 5.41) is 0. The molecule has 0 aromatic carbocycles. The van der Waals surface area contributed by atoms with E-state index in [1.807, 2.05) is 0 Å². The Bertz CT molecular complexity index is 183. The lowest BCUT2D eigenvalue weighted by atomic mass is 10.5. The van der Waals surface area contributed by atoms with E-state index in [0.717, 1.165) is 0 Å². The first-order valence-corrected chi connectivity index (χ1v) is 4.21. The number of methoxy groups -OCH3 is 1. The predicted molar refractivity (Wildman–Crippen MR) is 47.5 cm³/mol. The van der Waals surface area contributed by atoms with E-state index >= 15 is 0 Å². The third-order valence-electron chi connectivity index (χ3n) is 1.28. The van der Waals surface area contributed by atoms with Gasteiger partial charge in [0.25, 0.3) is 0 Å². The van der Waals surface area contributed by atoms with Crippen molar-refractivity contribution in [1.82, 2.24) is 0 Å². The van der Waals surface area contributed by atoms with Gasteiger partial charge in [-0.3, -0.25) is 0 Å². The molecule has 0 heterocycles. The van der Waals surface area contributed by atoms with Crippen molar-refractivity contribution >= 4 is 11.9 Å². The van der Waals surface area contributed by atoms with E-state index in [0.29, 0.717) is 13.0 Å². The molecule has 0 aliphatic rings. The van der Waals surface area contributed by atoms with Gasteiger partial charge in [0, 0.05) is 0 Å². The summed E-state index contributed by atoms with van der Waals surface area (Å²) in [7, 11) is 1.24. The topological polar surface area (TPSA) is 87.8 Å². The van der Waals surface area contributed by atoms with Gasteiger partial charge in [0.15, 0.2) is 0 Å². The molecule has 0 saturated carbocycles. The number of rotatable bonds is 7. The van der Waals surface area contributed by atoms with Crippen LogP contribution in [0.15, 0.2) is 0 Å². The van der Waals surface area contributed by atoms with E-state index in [2.05, 4.69) is 4.74 Å². The first kappa shape index (κ1) is 12.9. The van der Waals surface area contributed by atoms with Crippen molar-refractivity contribution in [3.63, 3.8) is 0 Å². The summed E-state index contributed by atoms with van der Waals surface area (Å²) >= 11 is 0. The zero-order valence-corrected chi connectivity index (χ0v) is 8.15. The van der Waals surface area contributed by atoms with Gasteiger partial charge in [-0.25, -0.2) is 9.59 Å². The van der Waals surface area contributed by atoms with E-state index in [-0.39, 0.29) is 19.8 Å². The Hall–Kier alpha value is -1.14. The number of carbonyl (C=O) groups excluding carboxylic acids is 2. The van der Waals surface area contributed by atoms with E-state index < -0.39 is 11.9 Å². The quantitative estimate of drug-likeness (QED) is 0.426. The monoisotopic (exact) mass is 205 g/mol. The summed E-state index contributed by atoms with van der Waals surface area (Å²) in [6, 6.07) is 0. The molecule has 0 radical (unpaired) electrons. The van der Waals surface area contributed by atoms with Crippen LogP contribution in [0.5, 0.6) is 0 Å². The van der Waals surface area contributed by atoms with Crippen LogP contribution in [0.2, 0.25) is 0 Å². The number of nitrogens with two attached hydrogens (primary N) is 1. The Balaban J connectivity index is 3.31. The maximum absolute atomic E-state index is 10.8. The van der Waals surface area contributed by atoms with Crippen molar-refractivity contribution in [1.29, 1.82) is 0 Å². The maximum Gasteiger partial charge on any atom is 0.332 e. The second-order valence-corrected chi connectivity index (χ2v) is 2.43. The van der Waals surface area contributed by atoms with Crippen LogP contribution in [0.25, 0.3) is 0 Å². The zero-order chi connectivity index (χ0) is 10.8. The summed E-state index contributed by atoms with van der Waals surface area (Å²) in [6.07, 6.45) is 0.614. The molecule has 0 aromatic heterocycles. The highest BCUT2D eigenvalue weighted by molar-refractivity contribution is 5.73. The molecule has 0 atom stereocenters. The van der Waals surface area contributed by atoms with Crippen molar-refractivity contribution in [2.24, 2.45) is 5.73 Å². The Labute approximate surface area is 82.3 Å². The van der Waals surface area contributed by atoms with Crippen molar-refractivity contribution < 1.29 is 23.8 Å². The number of carbonyl (C=O) groups is 2. The van der Waals surface area contributed by atoms with Crippen molar-refractivity contribution in [3.8, 4) is 0 Å². The van der Waals surface area contributed by atoms with Gasteiger partial charge in [0.1, 0.15) is 13.2 Å². The second-order valence-electron chi connectivity index (χ2n) is 2.43. The van der Waals surface area contributed by atoms with Gasteiger partial charge in [-0.15, -0.1) is 0 Å². The van der Waals surface area contributed by atoms with Gasteiger partial charge in [-0.2, -0.15) is 0 Å². The Kier molecular flexibility index (Phi) is 7.77. The Morgan fingerprint density at radius 2 is 1.86 bits per heavy atom. The molecule has 0 aliphatic carbocycles. The minimum Gasteiger partial charge on any atom is -0.467 e. The smallest absolute Gasteiger partial charge is 0.332 e. The highest BCUT2D eigenvalue weighted by atomic mass is 16.6. The van der Waals surface area contributed by atoms with Crippen LogP contribution in [-0.2, 0) is 23.8 Å². The number of esters is 2. The normalized spacial score (nSPS) is 9.57. The highest BCUT2D eigenvalue weighted by Gasteiger charge is 2.05. The van der Waals surface area contributed by atoms with Gasteiger partial charge in [0.05, 0.1) is 13.7 Å². The molecular formula is C8H15NO5. The molecule has 2 N–H and O–H groups in total. The first-order chi connectivity index (χ1) is 6.70. The number of hydrogen-bond acceptors (Lipinski definition) is 6. The minimum atomic E-state index is -0.528. The minimum absolute atomic E-state index is 0.248. The van der Waals surface area contributed by atoms with Crippen LogP contribution in [0.1, 0.15) is 6.42 Å². The van der Waals surface area contributed by atoms with Crippen LogP contribution in [-0.4, -0.2) is 45.4 Å². The summed E-state index contributed by atoms with van der Waals surface area (Å²) in [4.78, 5) is 21.4. The zero-order valence-electron chi connectivity index (χ0n) is 8.15. The predicted octanol–water partition coefficient (Wildman–Crippen LogP) is -0.932. The molecule has 0 aliphatic heterocycles. The third-order valence-corrected chi connectivity index (χ3v) is 1.28. The SMILES string of the molecule is COC(=O)COCC(=O)OCCCN. The molecule has 14 heavy (non-hydrogen) atoms. The molecule has 0 spiro atoms. The highest BCUT2D eigenvalue weighted by Crippen LogP contribution is 1.85. The lowest BCUT2D eigenvalue weighted by Crippen LogP contribution is -2.18. The molecule has 0 bridgehead atoms. The fraction of sp³-hybridized carbons (Fsp3) is 0.750. The van der Waals surface area contributed by atoms with Crippen LogP contribution in [0.4, 0.5) is 0 Å². The summed E-state index contributed by atoms with van der Waals surface area (Å²) < 4.78 is 13.7. The van der Waals surface area contributed by atoms with E-state index in [1.54, 1.807) is 0 Å². The molecule has 6 heteroatoms. The molecule has 6 nitrogen and oxygen atoms in total. The lowest BCUT2D eigenvalue weighted by Gasteiger charge is -2.03. The fourth-order valence-corrected chi connectivity index (χ4v) is 0.588. The van der Waals surface area contributed by atoms with Crippen LogP contribution < -0.4 is 5.73 Å². The Morgan fingerprint density at radius 1 is 1.21 bits per heavy atom. The molecule has 0 saturated heterocycles. The van der Waals surface area contributed by atoms with E-state index in [4.69, 9.17) is 15.2 Å². The summed E-state index contributed by atoms with van der Waals surface area (Å²) in [5.74, 6) is -1.04. The van der Waals surface area contributed by atoms with Crippen molar-refractivity contribution in [3.05, 3.63) is 0 Å².